The molecule has 0 aliphatic heterocycles. The first-order valence-electron chi connectivity index (χ1n) is 13.8. The van der Waals surface area contributed by atoms with Crippen LogP contribution in [0.25, 0.3) is 0 Å². The highest BCUT2D eigenvalue weighted by molar-refractivity contribution is 7.92. The Hall–Kier alpha value is -2.78. The molecule has 11 heteroatoms. The first kappa shape index (κ1) is 32.1. The average Bonchev–Trinajstić information content (AvgIpc) is 2.97. The van der Waals surface area contributed by atoms with Crippen molar-refractivity contribution in [2.45, 2.75) is 69.5 Å². The molecular weight excluding hydrogens is 617 g/mol. The van der Waals surface area contributed by atoms with Crippen LogP contribution in [0.4, 0.5) is 5.69 Å². The summed E-state index contributed by atoms with van der Waals surface area (Å²) in [6.45, 7) is 3.02. The summed E-state index contributed by atoms with van der Waals surface area (Å²) < 4.78 is 28.9. The topological polar surface area (TPSA) is 86.8 Å². The summed E-state index contributed by atoms with van der Waals surface area (Å²) in [6.07, 6.45) is 5.01. The van der Waals surface area contributed by atoms with Crippen molar-refractivity contribution in [3.8, 4) is 0 Å². The molecule has 42 heavy (non-hydrogen) atoms. The van der Waals surface area contributed by atoms with Gasteiger partial charge in [-0.1, -0.05) is 83.9 Å². The van der Waals surface area contributed by atoms with Gasteiger partial charge in [0.1, 0.15) is 12.6 Å². The van der Waals surface area contributed by atoms with E-state index in [1.165, 1.54) is 35.2 Å². The number of benzene rings is 3. The highest BCUT2D eigenvalue weighted by Gasteiger charge is 2.33. The van der Waals surface area contributed by atoms with Crippen molar-refractivity contribution in [3.63, 3.8) is 0 Å². The van der Waals surface area contributed by atoms with Crippen LogP contribution >= 0.6 is 34.8 Å². The number of carbonyl (C=O) groups is 2. The number of nitrogens with zero attached hydrogens (tertiary/aromatic N) is 2. The Balaban J connectivity index is 1.69. The molecule has 224 valence electrons. The molecule has 1 aliphatic rings. The summed E-state index contributed by atoms with van der Waals surface area (Å²) in [5.74, 6) is -0.843. The first-order chi connectivity index (χ1) is 20.0. The zero-order valence-electron chi connectivity index (χ0n) is 23.5. The van der Waals surface area contributed by atoms with Crippen molar-refractivity contribution in [2.24, 2.45) is 0 Å². The number of hydrogen-bond acceptors (Lipinski definition) is 4. The van der Waals surface area contributed by atoms with Gasteiger partial charge in [-0.25, -0.2) is 8.42 Å². The Labute approximate surface area is 262 Å². The van der Waals surface area contributed by atoms with Crippen LogP contribution in [0, 0.1) is 6.92 Å². The molecule has 0 aromatic heterocycles. The van der Waals surface area contributed by atoms with E-state index in [1.54, 1.807) is 43.3 Å². The minimum Gasteiger partial charge on any atom is -0.352 e. The minimum atomic E-state index is -4.21. The van der Waals surface area contributed by atoms with E-state index >= 15 is 0 Å². The predicted octanol–water partition coefficient (Wildman–Crippen LogP) is 7.02. The molecule has 0 unspecified atom stereocenters. The van der Waals surface area contributed by atoms with E-state index in [0.717, 1.165) is 47.5 Å². The van der Waals surface area contributed by atoms with E-state index in [9.17, 15) is 18.0 Å². The SMILES string of the molecule is Cc1ccc(S(=O)(=O)N(CC(=O)N(Cc2ccc(Cl)cc2)[C@H](C)C(=O)NC2CCCCC2)c2ccc(Cl)c(Cl)c2)cc1. The molecule has 1 fully saturated rings. The standard InChI is InChI=1S/C31H34Cl3N3O4S/c1-21-8-15-27(16-9-21)42(40,41)37(26-14-17-28(33)29(34)18-26)20-30(38)36(19-23-10-12-24(32)13-11-23)22(2)31(39)35-25-6-4-3-5-7-25/h8-18,22,25H,3-7,19-20H2,1-2H3,(H,35,39)/t22-/m1/s1. The summed E-state index contributed by atoms with van der Waals surface area (Å²) in [5.41, 5.74) is 1.80. The van der Waals surface area contributed by atoms with Gasteiger partial charge in [-0.3, -0.25) is 13.9 Å². The number of anilines is 1. The van der Waals surface area contributed by atoms with Crippen LogP contribution < -0.4 is 9.62 Å². The molecule has 1 atom stereocenters. The lowest BCUT2D eigenvalue weighted by molar-refractivity contribution is -0.139. The summed E-state index contributed by atoms with van der Waals surface area (Å²) >= 11 is 18.5. The number of carbonyl (C=O) groups excluding carboxylic acids is 2. The lowest BCUT2D eigenvalue weighted by atomic mass is 9.95. The number of rotatable bonds is 10. The second-order valence-corrected chi connectivity index (χ2v) is 13.7. The second kappa shape index (κ2) is 14.1. The number of hydrogen-bond donors (Lipinski definition) is 1. The van der Waals surface area contributed by atoms with Crippen molar-refractivity contribution in [1.29, 1.82) is 0 Å². The van der Waals surface area contributed by atoms with Gasteiger partial charge < -0.3 is 10.2 Å². The third kappa shape index (κ3) is 7.98. The summed E-state index contributed by atoms with van der Waals surface area (Å²) in [4.78, 5) is 28.9. The van der Waals surface area contributed by atoms with Crippen molar-refractivity contribution < 1.29 is 18.0 Å². The number of aryl methyl sites for hydroxylation is 1. The van der Waals surface area contributed by atoms with Crippen LogP contribution in [0.2, 0.25) is 15.1 Å². The maximum absolute atomic E-state index is 14.1. The maximum atomic E-state index is 14.1. The number of amides is 2. The molecule has 1 N–H and O–H groups in total. The van der Waals surface area contributed by atoms with Crippen molar-refractivity contribution in [1.82, 2.24) is 10.2 Å². The average molecular weight is 651 g/mol. The van der Waals surface area contributed by atoms with E-state index in [1.807, 2.05) is 6.92 Å². The van der Waals surface area contributed by atoms with Gasteiger partial charge >= 0.3 is 0 Å². The van der Waals surface area contributed by atoms with Gasteiger partial charge in [-0.15, -0.1) is 0 Å². The van der Waals surface area contributed by atoms with Crippen LogP contribution in [0.1, 0.15) is 50.2 Å². The van der Waals surface area contributed by atoms with Crippen LogP contribution in [0.5, 0.6) is 0 Å². The maximum Gasteiger partial charge on any atom is 0.264 e. The molecular formula is C31H34Cl3N3O4S. The van der Waals surface area contributed by atoms with E-state index in [0.29, 0.717) is 5.02 Å². The fourth-order valence-electron chi connectivity index (χ4n) is 4.94. The second-order valence-electron chi connectivity index (χ2n) is 10.6. The molecule has 0 saturated heterocycles. The number of nitrogens with one attached hydrogen (secondary N) is 1. The van der Waals surface area contributed by atoms with Gasteiger partial charge in [-0.05, 0) is 74.7 Å². The lowest BCUT2D eigenvalue weighted by Crippen LogP contribution is -2.53. The van der Waals surface area contributed by atoms with Crippen molar-refractivity contribution in [3.05, 3.63) is 92.9 Å². The molecule has 0 spiro atoms. The normalized spacial score (nSPS) is 14.7. The fourth-order valence-corrected chi connectivity index (χ4v) is 6.77. The smallest absolute Gasteiger partial charge is 0.264 e. The lowest BCUT2D eigenvalue weighted by Gasteiger charge is -2.33. The van der Waals surface area contributed by atoms with Crippen molar-refractivity contribution >= 4 is 62.3 Å². The molecule has 1 aliphatic carbocycles. The molecule has 0 radical (unpaired) electrons. The predicted molar refractivity (Wildman–Crippen MR) is 169 cm³/mol. The van der Waals surface area contributed by atoms with E-state index in [4.69, 9.17) is 34.8 Å². The monoisotopic (exact) mass is 649 g/mol. The Morgan fingerprint density at radius 2 is 1.55 bits per heavy atom. The minimum absolute atomic E-state index is 0.0133. The Kier molecular flexibility index (Phi) is 10.8. The molecule has 7 nitrogen and oxygen atoms in total. The molecule has 2 amide bonds. The molecule has 0 bridgehead atoms. The molecule has 0 heterocycles. The fraction of sp³-hybridized carbons (Fsp3) is 0.355. The quantitative estimate of drug-likeness (QED) is 0.256. The largest absolute Gasteiger partial charge is 0.352 e. The van der Waals surface area contributed by atoms with Gasteiger partial charge in [0.25, 0.3) is 10.0 Å². The van der Waals surface area contributed by atoms with Gasteiger partial charge in [0, 0.05) is 17.6 Å². The van der Waals surface area contributed by atoms with E-state index in [2.05, 4.69) is 5.32 Å². The van der Waals surface area contributed by atoms with Gasteiger partial charge in [-0.2, -0.15) is 0 Å². The highest BCUT2D eigenvalue weighted by atomic mass is 35.5. The molecule has 3 aromatic carbocycles. The van der Waals surface area contributed by atoms with Gasteiger partial charge in [0.2, 0.25) is 11.8 Å². The summed E-state index contributed by atoms with van der Waals surface area (Å²) in [6, 6.07) is 16.9. The van der Waals surface area contributed by atoms with Gasteiger partial charge in [0.05, 0.1) is 20.6 Å². The highest BCUT2D eigenvalue weighted by Crippen LogP contribution is 2.31. The van der Waals surface area contributed by atoms with Gasteiger partial charge in [0.15, 0.2) is 0 Å². The Bertz CT molecular complexity index is 1510. The van der Waals surface area contributed by atoms with E-state index in [-0.39, 0.29) is 39.1 Å². The van der Waals surface area contributed by atoms with Crippen LogP contribution in [0.3, 0.4) is 0 Å². The number of halogens is 3. The molecule has 1 saturated carbocycles. The zero-order chi connectivity index (χ0) is 30.4. The summed E-state index contributed by atoms with van der Waals surface area (Å²) in [5, 5.41) is 4.02. The summed E-state index contributed by atoms with van der Waals surface area (Å²) in [7, 11) is -4.21. The van der Waals surface area contributed by atoms with E-state index < -0.39 is 28.5 Å². The first-order valence-corrected chi connectivity index (χ1v) is 16.4. The van der Waals surface area contributed by atoms with Crippen LogP contribution in [-0.4, -0.2) is 43.8 Å². The molecule has 4 rings (SSSR count). The Morgan fingerprint density at radius 1 is 0.905 bits per heavy atom. The Morgan fingerprint density at radius 3 is 2.17 bits per heavy atom. The zero-order valence-corrected chi connectivity index (χ0v) is 26.6. The van der Waals surface area contributed by atoms with Crippen molar-refractivity contribution in [2.75, 3.05) is 10.8 Å². The molecule has 3 aromatic rings. The van der Waals surface area contributed by atoms with Crippen LogP contribution in [0.15, 0.2) is 71.6 Å². The third-order valence-corrected chi connectivity index (χ3v) is 10.2. The third-order valence-electron chi connectivity index (χ3n) is 7.46. The number of sulfonamides is 1. The van der Waals surface area contributed by atoms with Crippen LogP contribution in [-0.2, 0) is 26.2 Å².